The normalized spacial score (nSPS) is 11.0. The first-order chi connectivity index (χ1) is 13.6. The second-order valence-corrected chi connectivity index (χ2v) is 8.07. The van der Waals surface area contributed by atoms with Crippen LogP contribution in [0.1, 0.15) is 35.9 Å². The lowest BCUT2D eigenvalue weighted by Gasteiger charge is -2.10. The molecule has 29 heavy (non-hydrogen) atoms. The van der Waals surface area contributed by atoms with E-state index in [4.69, 9.17) is 0 Å². The van der Waals surface area contributed by atoms with E-state index >= 15 is 0 Å². The van der Waals surface area contributed by atoms with E-state index in [0.717, 1.165) is 40.0 Å². The number of fused-ring (bicyclic) bond motifs is 3. The van der Waals surface area contributed by atoms with Crippen LogP contribution in [0.15, 0.2) is 59.4 Å². The highest BCUT2D eigenvalue weighted by Crippen LogP contribution is 2.29. The Morgan fingerprint density at radius 1 is 1.07 bits per heavy atom. The first-order valence-electron chi connectivity index (χ1n) is 9.63. The minimum absolute atomic E-state index is 0. The van der Waals surface area contributed by atoms with E-state index in [2.05, 4.69) is 11.5 Å². The average Bonchev–Trinajstić information content (AvgIpc) is 3.12. The summed E-state index contributed by atoms with van der Waals surface area (Å²) in [6.07, 6.45) is 2.78. The Balaban J connectivity index is 0.00000240. The number of thiophene rings is 1. The zero-order valence-corrected chi connectivity index (χ0v) is 18.9. The Labute approximate surface area is 184 Å². The van der Waals surface area contributed by atoms with Crippen molar-refractivity contribution < 1.29 is 26.3 Å². The lowest BCUT2D eigenvalue weighted by Crippen LogP contribution is -3.00. The second-order valence-electron chi connectivity index (χ2n) is 7.04. The lowest BCUT2D eigenvalue weighted by molar-refractivity contribution is -0.667. The van der Waals surface area contributed by atoms with Crippen LogP contribution in [-0.2, 0) is 20.0 Å². The number of aromatic nitrogens is 2. The SMILES string of the molecule is CCCCc1n(C)c(=O)c2c3ccccc3sc2[n+]1CC(=O)c1ccccc1.[Br-]. The van der Waals surface area contributed by atoms with Gasteiger partial charge in [0, 0.05) is 22.1 Å². The van der Waals surface area contributed by atoms with Crippen LogP contribution in [0.5, 0.6) is 0 Å². The Bertz CT molecular complexity index is 1230. The first-order valence-corrected chi connectivity index (χ1v) is 10.4. The third-order valence-electron chi connectivity index (χ3n) is 5.19. The molecule has 0 aliphatic heterocycles. The van der Waals surface area contributed by atoms with Gasteiger partial charge in [0.25, 0.3) is 5.82 Å². The van der Waals surface area contributed by atoms with Crippen LogP contribution in [0, 0.1) is 0 Å². The molecular weight excluding hydrogens is 448 g/mol. The van der Waals surface area contributed by atoms with Gasteiger partial charge in [0.2, 0.25) is 5.78 Å². The second kappa shape index (κ2) is 9.01. The Kier molecular flexibility index (Phi) is 6.65. The topological polar surface area (TPSA) is 43.0 Å². The molecule has 0 unspecified atom stereocenters. The van der Waals surface area contributed by atoms with Gasteiger partial charge in [-0.05, 0) is 12.5 Å². The number of carbonyl (C=O) groups excluding carboxylic acids is 1. The summed E-state index contributed by atoms with van der Waals surface area (Å²) in [5.41, 5.74) is 0.710. The summed E-state index contributed by atoms with van der Waals surface area (Å²) >= 11 is 1.59. The van der Waals surface area contributed by atoms with Crippen LogP contribution < -0.4 is 27.1 Å². The highest BCUT2D eigenvalue weighted by atomic mass is 79.9. The monoisotopic (exact) mass is 470 g/mol. The maximum absolute atomic E-state index is 13.2. The highest BCUT2D eigenvalue weighted by Gasteiger charge is 2.26. The number of unbranched alkanes of at least 4 members (excludes halogenated alkanes) is 1. The molecule has 2 aromatic carbocycles. The molecule has 2 heterocycles. The van der Waals surface area contributed by atoms with Gasteiger partial charge in [-0.2, -0.15) is 4.57 Å². The van der Waals surface area contributed by atoms with Crippen LogP contribution in [0.4, 0.5) is 0 Å². The third-order valence-corrected chi connectivity index (χ3v) is 6.38. The number of halogens is 1. The van der Waals surface area contributed by atoms with Gasteiger partial charge in [0.1, 0.15) is 5.39 Å². The number of ketones is 1. The molecular formula is C23H23BrN2O2S. The van der Waals surface area contributed by atoms with Gasteiger partial charge in [-0.1, -0.05) is 73.2 Å². The van der Waals surface area contributed by atoms with E-state index in [9.17, 15) is 9.59 Å². The van der Waals surface area contributed by atoms with Crippen molar-refractivity contribution in [2.45, 2.75) is 32.7 Å². The van der Waals surface area contributed by atoms with E-state index in [1.807, 2.05) is 61.6 Å². The predicted octanol–water partition coefficient (Wildman–Crippen LogP) is 1.27. The molecule has 6 heteroatoms. The molecule has 0 N–H and O–H groups in total. The Hall–Kier alpha value is -2.31. The molecule has 4 nitrogen and oxygen atoms in total. The van der Waals surface area contributed by atoms with Crippen molar-refractivity contribution in [3.05, 3.63) is 76.3 Å². The molecule has 150 valence electrons. The van der Waals surface area contributed by atoms with Crippen LogP contribution in [-0.4, -0.2) is 10.4 Å². The van der Waals surface area contributed by atoms with Gasteiger partial charge in [-0.3, -0.25) is 4.79 Å². The minimum Gasteiger partial charge on any atom is -1.00 e. The summed E-state index contributed by atoms with van der Waals surface area (Å²) < 4.78 is 4.87. The molecule has 4 aromatic rings. The number of carbonyl (C=O) groups is 1. The van der Waals surface area contributed by atoms with Crippen LogP contribution in [0.3, 0.4) is 0 Å². The number of Topliss-reactive ketones (excluding diaryl/α,β-unsaturated/α-hetero) is 1. The molecule has 0 atom stereocenters. The van der Waals surface area contributed by atoms with E-state index < -0.39 is 0 Å². The van der Waals surface area contributed by atoms with Gasteiger partial charge < -0.3 is 17.0 Å². The molecule has 4 rings (SSSR count). The first kappa shape index (κ1) is 21.4. The maximum atomic E-state index is 13.2. The lowest BCUT2D eigenvalue weighted by atomic mass is 10.1. The fourth-order valence-corrected chi connectivity index (χ4v) is 4.89. The van der Waals surface area contributed by atoms with Crippen molar-refractivity contribution in [3.63, 3.8) is 0 Å². The maximum Gasteiger partial charge on any atom is 0.346 e. The van der Waals surface area contributed by atoms with Gasteiger partial charge in [0.15, 0.2) is 11.4 Å². The quantitative estimate of drug-likeness (QED) is 0.314. The highest BCUT2D eigenvalue weighted by molar-refractivity contribution is 7.25. The van der Waals surface area contributed by atoms with Crippen LogP contribution >= 0.6 is 11.3 Å². The van der Waals surface area contributed by atoms with Gasteiger partial charge >= 0.3 is 5.56 Å². The largest absolute Gasteiger partial charge is 1.00 e. The molecule has 0 fully saturated rings. The number of hydrogen-bond acceptors (Lipinski definition) is 3. The summed E-state index contributed by atoms with van der Waals surface area (Å²) in [6.45, 7) is 2.37. The van der Waals surface area contributed by atoms with Gasteiger partial charge in [-0.15, -0.1) is 0 Å². The fraction of sp³-hybridized carbons (Fsp3) is 0.261. The van der Waals surface area contributed by atoms with E-state index in [1.54, 1.807) is 15.9 Å². The number of nitrogens with zero attached hydrogens (tertiary/aromatic N) is 2. The molecule has 0 saturated carbocycles. The Morgan fingerprint density at radius 2 is 1.76 bits per heavy atom. The predicted molar refractivity (Wildman–Crippen MR) is 114 cm³/mol. The van der Waals surface area contributed by atoms with Gasteiger partial charge in [0.05, 0.1) is 7.05 Å². The molecule has 0 aliphatic carbocycles. The van der Waals surface area contributed by atoms with Crippen LogP contribution in [0.2, 0.25) is 0 Å². The molecule has 0 amide bonds. The van der Waals surface area contributed by atoms with Crippen molar-refractivity contribution in [3.8, 4) is 0 Å². The number of hydrogen-bond donors (Lipinski definition) is 0. The molecule has 0 aliphatic rings. The van der Waals surface area contributed by atoms with Crippen molar-refractivity contribution in [2.24, 2.45) is 7.05 Å². The molecule has 2 aromatic heterocycles. The standard InChI is InChI=1S/C23H23N2O2S.BrH/c1-3-4-14-20-24(2)22(27)21-17-12-8-9-13-19(17)28-23(21)25(20)15-18(26)16-10-6-5-7-11-16;/h5-13H,3-4,14-15H2,1-2H3;1H/q+1;/p-1. The molecule has 0 spiro atoms. The summed E-state index contributed by atoms with van der Waals surface area (Å²) in [6, 6.07) is 17.3. The van der Waals surface area contributed by atoms with E-state index in [0.29, 0.717) is 10.9 Å². The molecule has 0 radical (unpaired) electrons. The number of benzene rings is 2. The summed E-state index contributed by atoms with van der Waals surface area (Å²) in [4.78, 5) is 27.0. The van der Waals surface area contributed by atoms with E-state index in [-0.39, 0.29) is 34.9 Å². The number of rotatable bonds is 6. The summed E-state index contributed by atoms with van der Waals surface area (Å²) in [7, 11) is 1.82. The average molecular weight is 471 g/mol. The van der Waals surface area contributed by atoms with Crippen molar-refractivity contribution in [1.29, 1.82) is 0 Å². The molecule has 0 saturated heterocycles. The summed E-state index contributed by atoms with van der Waals surface area (Å²) in [5.74, 6) is 0.968. The van der Waals surface area contributed by atoms with Crippen molar-refractivity contribution in [2.75, 3.05) is 0 Å². The fourth-order valence-electron chi connectivity index (χ4n) is 3.67. The van der Waals surface area contributed by atoms with Gasteiger partial charge in [-0.25, -0.2) is 9.36 Å². The smallest absolute Gasteiger partial charge is 0.346 e. The van der Waals surface area contributed by atoms with E-state index in [1.165, 1.54) is 0 Å². The summed E-state index contributed by atoms with van der Waals surface area (Å²) in [5, 5.41) is 1.68. The minimum atomic E-state index is 0. The van der Waals surface area contributed by atoms with Crippen molar-refractivity contribution in [1.82, 2.24) is 4.57 Å². The van der Waals surface area contributed by atoms with Crippen molar-refractivity contribution >= 4 is 37.4 Å². The molecule has 0 bridgehead atoms. The van der Waals surface area contributed by atoms with Crippen LogP contribution in [0.25, 0.3) is 20.3 Å². The zero-order chi connectivity index (χ0) is 19.7. The third kappa shape index (κ3) is 3.91. The zero-order valence-electron chi connectivity index (χ0n) is 16.5. The Morgan fingerprint density at radius 3 is 2.48 bits per heavy atom.